The normalized spacial score (nSPS) is 15.8. The number of rotatable bonds is 3. The summed E-state index contributed by atoms with van der Waals surface area (Å²) in [5.74, 6) is 1.12. The van der Waals surface area contributed by atoms with Gasteiger partial charge >= 0.3 is 5.69 Å². The van der Waals surface area contributed by atoms with Gasteiger partial charge in [0.1, 0.15) is 5.82 Å². The number of H-pyrrole nitrogens is 1. The quantitative estimate of drug-likeness (QED) is 0.773. The standard InChI is InChI=1S/C20H25N5O2/c1-13(2)25-18(22-23(3)20(25)27)14-7-10-24(11-8-14)19(26)16-4-5-17-15(12-16)6-9-21-17/h4-6,9,12-14,21H,7-8,10-11H2,1-3H3. The van der Waals surface area contributed by atoms with E-state index in [0.717, 1.165) is 35.1 Å². The summed E-state index contributed by atoms with van der Waals surface area (Å²) in [7, 11) is 1.69. The molecule has 0 atom stereocenters. The lowest BCUT2D eigenvalue weighted by molar-refractivity contribution is 0.0710. The van der Waals surface area contributed by atoms with Gasteiger partial charge in [0.15, 0.2) is 0 Å². The average molecular weight is 367 g/mol. The lowest BCUT2D eigenvalue weighted by atomic mass is 9.95. The molecule has 27 heavy (non-hydrogen) atoms. The molecule has 7 heteroatoms. The monoisotopic (exact) mass is 367 g/mol. The van der Waals surface area contributed by atoms with Gasteiger partial charge in [-0.2, -0.15) is 5.10 Å². The highest BCUT2D eigenvalue weighted by atomic mass is 16.2. The molecule has 142 valence electrons. The third kappa shape index (κ3) is 3.07. The Morgan fingerprint density at radius 3 is 2.67 bits per heavy atom. The van der Waals surface area contributed by atoms with Crippen molar-refractivity contribution in [3.8, 4) is 0 Å². The maximum atomic E-state index is 12.9. The van der Waals surface area contributed by atoms with Crippen molar-refractivity contribution < 1.29 is 4.79 Å². The van der Waals surface area contributed by atoms with Crippen LogP contribution < -0.4 is 5.69 Å². The first-order chi connectivity index (χ1) is 13.0. The van der Waals surface area contributed by atoms with Crippen LogP contribution >= 0.6 is 0 Å². The van der Waals surface area contributed by atoms with Gasteiger partial charge in [-0.3, -0.25) is 9.36 Å². The Bertz CT molecular complexity index is 1030. The summed E-state index contributed by atoms with van der Waals surface area (Å²) in [6, 6.07) is 7.82. The molecule has 1 amide bonds. The highest BCUT2D eigenvalue weighted by Gasteiger charge is 2.29. The summed E-state index contributed by atoms with van der Waals surface area (Å²) in [6.07, 6.45) is 3.52. The number of hydrogen-bond donors (Lipinski definition) is 1. The molecular formula is C20H25N5O2. The van der Waals surface area contributed by atoms with Crippen molar-refractivity contribution in [3.05, 3.63) is 52.3 Å². The van der Waals surface area contributed by atoms with Gasteiger partial charge in [0.2, 0.25) is 0 Å². The minimum atomic E-state index is -0.0710. The molecule has 1 aliphatic heterocycles. The Kier molecular flexibility index (Phi) is 4.37. The van der Waals surface area contributed by atoms with E-state index in [0.29, 0.717) is 13.1 Å². The molecule has 0 bridgehead atoms. The minimum Gasteiger partial charge on any atom is -0.361 e. The summed E-state index contributed by atoms with van der Waals surface area (Å²) in [6.45, 7) is 5.36. The van der Waals surface area contributed by atoms with Crippen LogP contribution in [0.4, 0.5) is 0 Å². The number of amides is 1. The fourth-order valence-electron chi connectivity index (χ4n) is 3.97. The average Bonchev–Trinajstić information content (AvgIpc) is 3.25. The van der Waals surface area contributed by atoms with Crippen LogP contribution in [0.3, 0.4) is 0 Å². The largest absolute Gasteiger partial charge is 0.361 e. The van der Waals surface area contributed by atoms with Crippen molar-refractivity contribution in [2.75, 3.05) is 13.1 Å². The lowest BCUT2D eigenvalue weighted by Gasteiger charge is -2.32. The first-order valence-corrected chi connectivity index (χ1v) is 9.47. The van der Waals surface area contributed by atoms with Crippen molar-refractivity contribution in [1.29, 1.82) is 0 Å². The fraction of sp³-hybridized carbons (Fsp3) is 0.450. The molecule has 0 unspecified atom stereocenters. The summed E-state index contributed by atoms with van der Waals surface area (Å²) in [4.78, 5) is 30.3. The van der Waals surface area contributed by atoms with Crippen LogP contribution in [0, 0.1) is 0 Å². The number of hydrogen-bond acceptors (Lipinski definition) is 3. The van der Waals surface area contributed by atoms with E-state index in [1.165, 1.54) is 4.68 Å². The number of nitrogens with zero attached hydrogens (tertiary/aromatic N) is 4. The Morgan fingerprint density at radius 2 is 1.96 bits per heavy atom. The van der Waals surface area contributed by atoms with Crippen LogP contribution in [0.2, 0.25) is 0 Å². The highest BCUT2D eigenvalue weighted by Crippen LogP contribution is 2.28. The van der Waals surface area contributed by atoms with Gasteiger partial charge in [0.25, 0.3) is 5.91 Å². The number of carbonyl (C=O) groups is 1. The number of benzene rings is 1. The van der Waals surface area contributed by atoms with Crippen molar-refractivity contribution in [2.24, 2.45) is 7.05 Å². The van der Waals surface area contributed by atoms with E-state index in [-0.39, 0.29) is 23.6 Å². The molecule has 3 heterocycles. The van der Waals surface area contributed by atoms with Crippen molar-refractivity contribution in [3.63, 3.8) is 0 Å². The van der Waals surface area contributed by atoms with E-state index in [9.17, 15) is 9.59 Å². The molecule has 0 radical (unpaired) electrons. The zero-order valence-corrected chi connectivity index (χ0v) is 16.0. The van der Waals surface area contributed by atoms with Crippen LogP contribution in [0.25, 0.3) is 10.9 Å². The number of aromatic amines is 1. The van der Waals surface area contributed by atoms with Gasteiger partial charge in [-0.25, -0.2) is 9.48 Å². The Hall–Kier alpha value is -2.83. The second kappa shape index (κ2) is 6.72. The fourth-order valence-corrected chi connectivity index (χ4v) is 3.97. The van der Waals surface area contributed by atoms with Crippen LogP contribution in [-0.4, -0.2) is 43.2 Å². The van der Waals surface area contributed by atoms with Gasteiger partial charge in [0, 0.05) is 54.8 Å². The zero-order valence-electron chi connectivity index (χ0n) is 16.0. The van der Waals surface area contributed by atoms with Crippen molar-refractivity contribution in [1.82, 2.24) is 24.2 Å². The smallest absolute Gasteiger partial charge is 0.345 e. The molecule has 4 rings (SSSR count). The Morgan fingerprint density at radius 1 is 1.22 bits per heavy atom. The number of carbonyl (C=O) groups excluding carboxylic acids is 1. The molecular weight excluding hydrogens is 342 g/mol. The Balaban J connectivity index is 1.50. The van der Waals surface area contributed by atoms with Gasteiger partial charge in [-0.1, -0.05) is 0 Å². The maximum absolute atomic E-state index is 12.9. The summed E-state index contributed by atoms with van der Waals surface area (Å²) >= 11 is 0. The number of piperidine rings is 1. The second-order valence-electron chi connectivity index (χ2n) is 7.57. The lowest BCUT2D eigenvalue weighted by Crippen LogP contribution is -2.38. The predicted molar refractivity (Wildman–Crippen MR) is 104 cm³/mol. The molecule has 3 aromatic rings. The molecule has 2 aromatic heterocycles. The van der Waals surface area contributed by atoms with E-state index in [4.69, 9.17) is 0 Å². The van der Waals surface area contributed by atoms with Crippen LogP contribution in [0.1, 0.15) is 54.8 Å². The number of fused-ring (bicyclic) bond motifs is 1. The SMILES string of the molecule is CC(C)n1c(C2CCN(C(=O)c3ccc4[nH]ccc4c3)CC2)nn(C)c1=O. The van der Waals surface area contributed by atoms with Crippen molar-refractivity contribution >= 4 is 16.8 Å². The first kappa shape index (κ1) is 17.6. The van der Waals surface area contributed by atoms with Gasteiger partial charge in [0.05, 0.1) is 0 Å². The van der Waals surface area contributed by atoms with Crippen LogP contribution in [-0.2, 0) is 7.05 Å². The van der Waals surface area contributed by atoms with E-state index in [2.05, 4.69) is 10.1 Å². The molecule has 0 aliphatic carbocycles. The molecule has 7 nitrogen and oxygen atoms in total. The molecule has 1 N–H and O–H groups in total. The Labute approximate surface area is 157 Å². The molecule has 0 saturated carbocycles. The van der Waals surface area contributed by atoms with E-state index < -0.39 is 0 Å². The topological polar surface area (TPSA) is 75.9 Å². The summed E-state index contributed by atoms with van der Waals surface area (Å²) in [5, 5.41) is 5.52. The van der Waals surface area contributed by atoms with Crippen LogP contribution in [0.5, 0.6) is 0 Å². The third-order valence-corrected chi connectivity index (χ3v) is 5.45. The molecule has 0 spiro atoms. The predicted octanol–water partition coefficient (Wildman–Crippen LogP) is 2.66. The third-order valence-electron chi connectivity index (χ3n) is 5.45. The highest BCUT2D eigenvalue weighted by molar-refractivity contribution is 5.98. The first-order valence-electron chi connectivity index (χ1n) is 9.47. The van der Waals surface area contributed by atoms with Crippen LogP contribution in [0.15, 0.2) is 35.3 Å². The van der Waals surface area contributed by atoms with E-state index in [1.54, 1.807) is 11.6 Å². The van der Waals surface area contributed by atoms with Gasteiger partial charge < -0.3 is 9.88 Å². The molecule has 1 aromatic carbocycles. The van der Waals surface area contributed by atoms with E-state index in [1.807, 2.05) is 49.2 Å². The summed E-state index contributed by atoms with van der Waals surface area (Å²) in [5.41, 5.74) is 1.68. The van der Waals surface area contributed by atoms with Crippen molar-refractivity contribution in [2.45, 2.75) is 38.6 Å². The van der Waals surface area contributed by atoms with Gasteiger partial charge in [-0.05, 0) is 51.0 Å². The summed E-state index contributed by atoms with van der Waals surface area (Å²) < 4.78 is 3.20. The zero-order chi connectivity index (χ0) is 19.1. The second-order valence-corrected chi connectivity index (χ2v) is 7.57. The number of aryl methyl sites for hydroxylation is 1. The van der Waals surface area contributed by atoms with E-state index >= 15 is 0 Å². The molecule has 1 saturated heterocycles. The number of nitrogens with one attached hydrogen (secondary N) is 1. The minimum absolute atomic E-state index is 0.0684. The molecule has 1 fully saturated rings. The van der Waals surface area contributed by atoms with Gasteiger partial charge in [-0.15, -0.1) is 0 Å². The maximum Gasteiger partial charge on any atom is 0.345 e. The number of aromatic nitrogens is 4. The number of likely N-dealkylation sites (tertiary alicyclic amines) is 1. The molecule has 1 aliphatic rings.